The number of nitrogens with zero attached hydrogens (tertiary/aromatic N) is 4. The molecular formula is C24H23Cl2N5O2. The van der Waals surface area contributed by atoms with Crippen molar-refractivity contribution in [1.82, 2.24) is 25.2 Å². The fourth-order valence-electron chi connectivity index (χ4n) is 4.73. The maximum absolute atomic E-state index is 13.8. The van der Waals surface area contributed by atoms with Gasteiger partial charge in [0.1, 0.15) is 6.04 Å². The van der Waals surface area contributed by atoms with Crippen LogP contribution >= 0.6 is 23.2 Å². The minimum absolute atomic E-state index is 0.0771. The lowest BCUT2D eigenvalue weighted by Crippen LogP contribution is -2.46. The molecule has 2 amide bonds. The zero-order valence-corrected chi connectivity index (χ0v) is 19.4. The van der Waals surface area contributed by atoms with Gasteiger partial charge in [-0.25, -0.2) is 4.68 Å². The molecule has 1 atom stereocenters. The van der Waals surface area contributed by atoms with Crippen LogP contribution in [0, 0.1) is 0 Å². The quantitative estimate of drug-likeness (QED) is 0.581. The summed E-state index contributed by atoms with van der Waals surface area (Å²) in [5.41, 5.74) is 2.25. The van der Waals surface area contributed by atoms with Crippen molar-refractivity contribution in [3.05, 3.63) is 75.5 Å². The number of hydrogen-bond donors (Lipinski definition) is 1. The van der Waals surface area contributed by atoms with Gasteiger partial charge in [0.15, 0.2) is 0 Å². The Balaban J connectivity index is 1.61. The molecule has 2 heterocycles. The minimum Gasteiger partial charge on any atom is -0.351 e. The van der Waals surface area contributed by atoms with Gasteiger partial charge in [-0.1, -0.05) is 71.9 Å². The lowest BCUT2D eigenvalue weighted by atomic mass is 9.94. The summed E-state index contributed by atoms with van der Waals surface area (Å²) in [5.74, 6) is -0.547. The predicted octanol–water partition coefficient (Wildman–Crippen LogP) is 4.72. The smallest absolute Gasteiger partial charge is 0.257 e. The van der Waals surface area contributed by atoms with E-state index < -0.39 is 6.04 Å². The lowest BCUT2D eigenvalue weighted by Gasteiger charge is -2.33. The predicted molar refractivity (Wildman–Crippen MR) is 125 cm³/mol. The number of rotatable bonds is 4. The minimum atomic E-state index is -0.958. The van der Waals surface area contributed by atoms with Gasteiger partial charge in [-0.15, -0.1) is 5.10 Å². The molecule has 1 aliphatic carbocycles. The number of amides is 2. The Morgan fingerprint density at radius 1 is 1.06 bits per heavy atom. The Hall–Kier alpha value is -2.90. The van der Waals surface area contributed by atoms with Crippen LogP contribution in [0.4, 0.5) is 0 Å². The molecule has 7 nitrogen and oxygen atoms in total. The van der Waals surface area contributed by atoms with Gasteiger partial charge in [-0.05, 0) is 31.0 Å². The molecule has 33 heavy (non-hydrogen) atoms. The van der Waals surface area contributed by atoms with Crippen molar-refractivity contribution in [3.8, 4) is 5.69 Å². The van der Waals surface area contributed by atoms with E-state index in [-0.39, 0.29) is 29.4 Å². The Labute approximate surface area is 201 Å². The van der Waals surface area contributed by atoms with Crippen molar-refractivity contribution in [2.24, 2.45) is 0 Å². The number of carbonyl (C=O) groups is 2. The van der Waals surface area contributed by atoms with E-state index in [2.05, 4.69) is 15.6 Å². The molecule has 3 aromatic rings. The Morgan fingerprint density at radius 3 is 2.67 bits per heavy atom. The van der Waals surface area contributed by atoms with E-state index >= 15 is 0 Å². The fourth-order valence-corrected chi connectivity index (χ4v) is 5.14. The molecular weight excluding hydrogens is 461 g/mol. The van der Waals surface area contributed by atoms with Crippen LogP contribution in [0.2, 0.25) is 10.0 Å². The summed E-state index contributed by atoms with van der Waals surface area (Å²) >= 11 is 12.9. The van der Waals surface area contributed by atoms with Crippen LogP contribution in [0.5, 0.6) is 0 Å². The van der Waals surface area contributed by atoms with Gasteiger partial charge in [0.2, 0.25) is 5.91 Å². The average molecular weight is 484 g/mol. The molecule has 0 spiro atoms. The van der Waals surface area contributed by atoms with E-state index in [0.717, 1.165) is 25.7 Å². The highest BCUT2D eigenvalue weighted by Gasteiger charge is 2.38. The molecule has 170 valence electrons. The van der Waals surface area contributed by atoms with E-state index in [4.69, 9.17) is 23.2 Å². The molecule has 9 heteroatoms. The summed E-state index contributed by atoms with van der Waals surface area (Å²) in [6.07, 6.45) is 6.79. The van der Waals surface area contributed by atoms with Gasteiger partial charge >= 0.3 is 0 Å². The van der Waals surface area contributed by atoms with E-state index in [1.807, 2.05) is 12.1 Å². The molecule has 5 rings (SSSR count). The second-order valence-corrected chi connectivity index (χ2v) is 9.26. The normalized spacial score (nSPS) is 17.2. The molecule has 0 radical (unpaired) electrons. The zero-order chi connectivity index (χ0) is 22.9. The summed E-state index contributed by atoms with van der Waals surface area (Å²) in [6, 6.07) is 11.5. The highest BCUT2D eigenvalue weighted by molar-refractivity contribution is 6.42. The highest BCUT2D eigenvalue weighted by Crippen LogP contribution is 2.36. The Bertz CT molecular complexity index is 1210. The first-order chi connectivity index (χ1) is 16.0. The second-order valence-electron chi connectivity index (χ2n) is 8.48. The number of nitrogens with one attached hydrogen (secondary N) is 1. The van der Waals surface area contributed by atoms with Crippen LogP contribution in [0.3, 0.4) is 0 Å². The second kappa shape index (κ2) is 9.15. The number of aromatic nitrogens is 3. The van der Waals surface area contributed by atoms with E-state index in [1.165, 1.54) is 11.3 Å². The summed E-state index contributed by atoms with van der Waals surface area (Å²) < 4.78 is 1.64. The largest absolute Gasteiger partial charge is 0.351 e. The average Bonchev–Trinajstić information content (AvgIpc) is 3.25. The summed E-state index contributed by atoms with van der Waals surface area (Å²) in [4.78, 5) is 29.1. The van der Waals surface area contributed by atoms with Crippen LogP contribution in [0.1, 0.15) is 59.8 Å². The van der Waals surface area contributed by atoms with Gasteiger partial charge in [-0.3, -0.25) is 9.59 Å². The van der Waals surface area contributed by atoms with Crippen LogP contribution in [0.15, 0.2) is 48.7 Å². The summed E-state index contributed by atoms with van der Waals surface area (Å²) in [7, 11) is 0. The first-order valence-electron chi connectivity index (χ1n) is 11.1. The van der Waals surface area contributed by atoms with Crippen molar-refractivity contribution in [2.45, 2.75) is 50.7 Å². The molecule has 1 saturated carbocycles. The monoisotopic (exact) mass is 483 g/mol. The topological polar surface area (TPSA) is 80.1 Å². The third kappa shape index (κ3) is 4.11. The third-order valence-electron chi connectivity index (χ3n) is 6.36. The van der Waals surface area contributed by atoms with E-state index in [0.29, 0.717) is 27.5 Å². The molecule has 0 bridgehead atoms. The molecule has 1 N–H and O–H groups in total. The molecule has 1 unspecified atom stereocenters. The number of benzene rings is 2. The van der Waals surface area contributed by atoms with Crippen LogP contribution in [0.25, 0.3) is 5.69 Å². The number of carbonyl (C=O) groups excluding carboxylic acids is 2. The zero-order valence-electron chi connectivity index (χ0n) is 17.9. The molecule has 2 aliphatic rings. The van der Waals surface area contributed by atoms with Crippen molar-refractivity contribution in [1.29, 1.82) is 0 Å². The van der Waals surface area contributed by atoms with Gasteiger partial charge in [0.25, 0.3) is 5.91 Å². The summed E-state index contributed by atoms with van der Waals surface area (Å²) in [5, 5.41) is 12.0. The first-order valence-corrected chi connectivity index (χ1v) is 11.8. The molecule has 1 aliphatic heterocycles. The van der Waals surface area contributed by atoms with Crippen molar-refractivity contribution < 1.29 is 9.59 Å². The van der Waals surface area contributed by atoms with Gasteiger partial charge in [0, 0.05) is 11.6 Å². The van der Waals surface area contributed by atoms with E-state index in [1.54, 1.807) is 41.2 Å². The number of fused-ring (bicyclic) bond motifs is 3. The van der Waals surface area contributed by atoms with Crippen molar-refractivity contribution >= 4 is 35.0 Å². The standard InChI is InChI=1S/C24H23Cl2N5O2/c25-19-11-6-10-18(21(19)26)22(23(32)28-15-7-2-1-3-8-15)30-14-16-13-27-29-31(16)20-12-5-4-9-17(20)24(30)33/h4-6,9-13,15,22H,1-3,7-8,14H2,(H,28,32). The molecule has 1 fully saturated rings. The number of halogens is 2. The SMILES string of the molecule is O=C(NC1CCCCC1)C(c1cccc(Cl)c1Cl)N1Cc2cnnn2-c2ccccc2C1=O. The van der Waals surface area contributed by atoms with Gasteiger partial charge in [0.05, 0.1) is 39.7 Å². The van der Waals surface area contributed by atoms with Crippen LogP contribution < -0.4 is 5.32 Å². The maximum Gasteiger partial charge on any atom is 0.257 e. The van der Waals surface area contributed by atoms with Crippen molar-refractivity contribution in [3.63, 3.8) is 0 Å². The lowest BCUT2D eigenvalue weighted by molar-refractivity contribution is -0.127. The van der Waals surface area contributed by atoms with Gasteiger partial charge < -0.3 is 10.2 Å². The van der Waals surface area contributed by atoms with Crippen LogP contribution in [-0.2, 0) is 11.3 Å². The molecule has 2 aromatic carbocycles. The fraction of sp³-hybridized carbons (Fsp3) is 0.333. The number of para-hydroxylation sites is 1. The Morgan fingerprint density at radius 2 is 1.85 bits per heavy atom. The van der Waals surface area contributed by atoms with Gasteiger partial charge in [-0.2, -0.15) is 0 Å². The Kier molecular flexibility index (Phi) is 6.08. The van der Waals surface area contributed by atoms with Crippen molar-refractivity contribution in [2.75, 3.05) is 0 Å². The first kappa shape index (κ1) is 21.9. The third-order valence-corrected chi connectivity index (χ3v) is 7.20. The molecule has 0 saturated heterocycles. The summed E-state index contributed by atoms with van der Waals surface area (Å²) in [6.45, 7) is 0.145. The highest BCUT2D eigenvalue weighted by atomic mass is 35.5. The molecule has 1 aromatic heterocycles. The maximum atomic E-state index is 13.8. The van der Waals surface area contributed by atoms with Crippen LogP contribution in [-0.4, -0.2) is 37.7 Å². The number of hydrogen-bond acceptors (Lipinski definition) is 4. The van der Waals surface area contributed by atoms with E-state index in [9.17, 15) is 9.59 Å².